The Morgan fingerprint density at radius 1 is 1.03 bits per heavy atom. The third-order valence-electron chi connectivity index (χ3n) is 5.31. The van der Waals surface area contributed by atoms with E-state index in [4.69, 9.17) is 0 Å². The van der Waals surface area contributed by atoms with Crippen molar-refractivity contribution in [2.75, 3.05) is 17.1 Å². The number of carbonyl (C=O) groups excluding carboxylic acids is 1. The van der Waals surface area contributed by atoms with Gasteiger partial charge >= 0.3 is 0 Å². The second-order valence-corrected chi connectivity index (χ2v) is 11.4. The van der Waals surface area contributed by atoms with E-state index in [1.54, 1.807) is 0 Å². The van der Waals surface area contributed by atoms with Crippen molar-refractivity contribution in [3.05, 3.63) is 64.7 Å². The van der Waals surface area contributed by atoms with Gasteiger partial charge in [0.25, 0.3) is 0 Å². The fourth-order valence-electron chi connectivity index (χ4n) is 3.63. The summed E-state index contributed by atoms with van der Waals surface area (Å²) < 4.78 is 26.0. The van der Waals surface area contributed by atoms with E-state index in [1.165, 1.54) is 16.1 Å². The second-order valence-electron chi connectivity index (χ2n) is 9.45. The van der Waals surface area contributed by atoms with E-state index in [2.05, 4.69) is 50.4 Å². The van der Waals surface area contributed by atoms with Gasteiger partial charge in [-0.25, -0.2) is 8.42 Å². The number of hydrogen-bond donors (Lipinski definition) is 1. The molecule has 170 valence electrons. The lowest BCUT2D eigenvalue weighted by Crippen LogP contribution is -2.32. The molecular formula is C25H36N2O3S. The molecule has 0 bridgehead atoms. The SMILES string of the molecule is Cc1cc(C)cc(N(CCCC(=O)N[C@@H](C)c2ccc(C(C)(C)C)cc2)S(C)(=O)=O)c1. The Kier molecular flexibility index (Phi) is 7.93. The number of benzene rings is 2. The van der Waals surface area contributed by atoms with Crippen LogP contribution in [0.5, 0.6) is 0 Å². The molecule has 2 aromatic carbocycles. The molecule has 2 aromatic rings. The maximum Gasteiger partial charge on any atom is 0.232 e. The number of nitrogens with zero attached hydrogens (tertiary/aromatic N) is 1. The third-order valence-corrected chi connectivity index (χ3v) is 6.51. The molecule has 6 heteroatoms. The Hall–Kier alpha value is -2.34. The van der Waals surface area contributed by atoms with Crippen LogP contribution in [0.2, 0.25) is 0 Å². The van der Waals surface area contributed by atoms with Crippen molar-refractivity contribution in [3.63, 3.8) is 0 Å². The van der Waals surface area contributed by atoms with Crippen molar-refractivity contribution in [2.45, 2.75) is 65.8 Å². The zero-order valence-corrected chi connectivity index (χ0v) is 20.6. The summed E-state index contributed by atoms with van der Waals surface area (Å²) in [5, 5.41) is 3.02. The van der Waals surface area contributed by atoms with Gasteiger partial charge in [0.1, 0.15) is 0 Å². The predicted octanol–water partition coefficient (Wildman–Crippen LogP) is 5.02. The van der Waals surface area contributed by atoms with Gasteiger partial charge in [-0.3, -0.25) is 9.10 Å². The average Bonchev–Trinajstić information content (AvgIpc) is 2.62. The molecule has 1 amide bonds. The Morgan fingerprint density at radius 2 is 1.58 bits per heavy atom. The minimum atomic E-state index is -3.43. The van der Waals surface area contributed by atoms with Crippen molar-refractivity contribution < 1.29 is 13.2 Å². The molecular weight excluding hydrogens is 408 g/mol. The Balaban J connectivity index is 1.96. The van der Waals surface area contributed by atoms with E-state index in [0.717, 1.165) is 16.7 Å². The molecule has 1 atom stereocenters. The van der Waals surface area contributed by atoms with Gasteiger partial charge in [0.2, 0.25) is 15.9 Å². The van der Waals surface area contributed by atoms with Gasteiger partial charge in [0, 0.05) is 13.0 Å². The van der Waals surface area contributed by atoms with Crippen molar-refractivity contribution in [2.24, 2.45) is 0 Å². The summed E-state index contributed by atoms with van der Waals surface area (Å²) in [5.74, 6) is -0.0822. The highest BCUT2D eigenvalue weighted by molar-refractivity contribution is 7.92. The van der Waals surface area contributed by atoms with Gasteiger partial charge in [-0.05, 0) is 67.0 Å². The molecule has 1 N–H and O–H groups in total. The van der Waals surface area contributed by atoms with Crippen molar-refractivity contribution >= 4 is 21.6 Å². The topological polar surface area (TPSA) is 66.5 Å². The van der Waals surface area contributed by atoms with E-state index in [0.29, 0.717) is 12.1 Å². The van der Waals surface area contributed by atoms with Crippen LogP contribution in [-0.4, -0.2) is 27.1 Å². The van der Waals surface area contributed by atoms with Crippen LogP contribution in [0.15, 0.2) is 42.5 Å². The first kappa shape index (κ1) is 24.9. The first-order valence-corrected chi connectivity index (χ1v) is 12.6. The van der Waals surface area contributed by atoms with Crippen molar-refractivity contribution in [1.29, 1.82) is 0 Å². The maximum absolute atomic E-state index is 12.4. The highest BCUT2D eigenvalue weighted by atomic mass is 32.2. The Morgan fingerprint density at radius 3 is 2.06 bits per heavy atom. The molecule has 0 heterocycles. The minimum Gasteiger partial charge on any atom is -0.350 e. The number of amides is 1. The van der Waals surface area contributed by atoms with Crippen LogP contribution in [0.4, 0.5) is 5.69 Å². The molecule has 31 heavy (non-hydrogen) atoms. The number of sulfonamides is 1. The van der Waals surface area contributed by atoms with E-state index in [-0.39, 0.29) is 30.3 Å². The van der Waals surface area contributed by atoms with Crippen molar-refractivity contribution in [3.8, 4) is 0 Å². The molecule has 0 aliphatic heterocycles. The standard InChI is InChI=1S/C25H36N2O3S/c1-18-15-19(2)17-23(16-18)27(31(7,29)30)14-8-9-24(28)26-20(3)21-10-12-22(13-11-21)25(4,5)6/h10-13,15-17,20H,8-9,14H2,1-7H3,(H,26,28)/t20-/m0/s1. The summed E-state index contributed by atoms with van der Waals surface area (Å²) in [5.41, 5.74) is 5.05. The maximum atomic E-state index is 12.4. The summed E-state index contributed by atoms with van der Waals surface area (Å²) in [6.45, 7) is 12.6. The number of carbonyl (C=O) groups is 1. The molecule has 0 aliphatic carbocycles. The summed E-state index contributed by atoms with van der Waals surface area (Å²) in [7, 11) is -3.43. The first-order valence-electron chi connectivity index (χ1n) is 10.7. The molecule has 0 aliphatic rings. The lowest BCUT2D eigenvalue weighted by molar-refractivity contribution is -0.121. The molecule has 0 spiro atoms. The van der Waals surface area contributed by atoms with Crippen LogP contribution >= 0.6 is 0 Å². The molecule has 0 unspecified atom stereocenters. The first-order chi connectivity index (χ1) is 14.3. The summed E-state index contributed by atoms with van der Waals surface area (Å²) in [6.07, 6.45) is 1.91. The molecule has 2 rings (SSSR count). The highest BCUT2D eigenvalue weighted by Gasteiger charge is 2.19. The smallest absolute Gasteiger partial charge is 0.232 e. The number of hydrogen-bond acceptors (Lipinski definition) is 3. The average molecular weight is 445 g/mol. The quantitative estimate of drug-likeness (QED) is 0.621. The van der Waals surface area contributed by atoms with E-state index in [1.807, 2.05) is 39.0 Å². The summed E-state index contributed by atoms with van der Waals surface area (Å²) in [4.78, 5) is 12.4. The summed E-state index contributed by atoms with van der Waals surface area (Å²) >= 11 is 0. The lowest BCUT2D eigenvalue weighted by Gasteiger charge is -2.23. The number of anilines is 1. The van der Waals surface area contributed by atoms with Gasteiger partial charge in [-0.2, -0.15) is 0 Å². The van der Waals surface area contributed by atoms with Gasteiger partial charge < -0.3 is 5.32 Å². The van der Waals surface area contributed by atoms with Crippen LogP contribution in [0, 0.1) is 13.8 Å². The van der Waals surface area contributed by atoms with Crippen LogP contribution in [0.3, 0.4) is 0 Å². The Bertz CT molecular complexity index is 986. The second kappa shape index (κ2) is 9.86. The zero-order valence-electron chi connectivity index (χ0n) is 19.8. The molecule has 0 saturated carbocycles. The molecule has 0 aromatic heterocycles. The van der Waals surface area contributed by atoms with Gasteiger partial charge in [0.05, 0.1) is 18.0 Å². The molecule has 0 fully saturated rings. The number of nitrogens with one attached hydrogen (secondary N) is 1. The fraction of sp³-hybridized carbons (Fsp3) is 0.480. The zero-order chi connectivity index (χ0) is 23.4. The fourth-order valence-corrected chi connectivity index (χ4v) is 4.58. The highest BCUT2D eigenvalue weighted by Crippen LogP contribution is 2.24. The van der Waals surface area contributed by atoms with Crippen LogP contribution in [-0.2, 0) is 20.2 Å². The van der Waals surface area contributed by atoms with E-state index in [9.17, 15) is 13.2 Å². The third kappa shape index (κ3) is 7.39. The Labute approximate surface area is 187 Å². The minimum absolute atomic E-state index is 0.0822. The number of aryl methyl sites for hydroxylation is 2. The normalized spacial score (nSPS) is 13.0. The number of rotatable bonds is 8. The predicted molar refractivity (Wildman–Crippen MR) is 129 cm³/mol. The van der Waals surface area contributed by atoms with E-state index >= 15 is 0 Å². The summed E-state index contributed by atoms with van der Waals surface area (Å²) in [6, 6.07) is 13.9. The van der Waals surface area contributed by atoms with Gasteiger partial charge in [0.15, 0.2) is 0 Å². The molecule has 0 saturated heterocycles. The monoisotopic (exact) mass is 444 g/mol. The van der Waals surface area contributed by atoms with Crippen LogP contribution in [0.1, 0.15) is 68.8 Å². The van der Waals surface area contributed by atoms with Crippen LogP contribution < -0.4 is 9.62 Å². The molecule has 0 radical (unpaired) electrons. The van der Waals surface area contributed by atoms with E-state index < -0.39 is 10.0 Å². The van der Waals surface area contributed by atoms with Gasteiger partial charge in [-0.15, -0.1) is 0 Å². The van der Waals surface area contributed by atoms with Gasteiger partial charge in [-0.1, -0.05) is 51.1 Å². The largest absolute Gasteiger partial charge is 0.350 e. The van der Waals surface area contributed by atoms with Crippen LogP contribution in [0.25, 0.3) is 0 Å². The van der Waals surface area contributed by atoms with Crippen molar-refractivity contribution in [1.82, 2.24) is 5.32 Å². The molecule has 5 nitrogen and oxygen atoms in total. The lowest BCUT2D eigenvalue weighted by atomic mass is 9.86.